The zero-order valence-electron chi connectivity index (χ0n) is 25.8. The number of nitrogens with zero attached hydrogens (tertiary/aromatic N) is 2. The second-order valence-electron chi connectivity index (χ2n) is 11.6. The summed E-state index contributed by atoms with van der Waals surface area (Å²) < 4.78 is 0. The minimum absolute atomic E-state index is 1.11. The van der Waals surface area contributed by atoms with Gasteiger partial charge in [-0.2, -0.15) is 0 Å². The van der Waals surface area contributed by atoms with Crippen molar-refractivity contribution in [3.63, 3.8) is 0 Å². The summed E-state index contributed by atoms with van der Waals surface area (Å²) >= 11 is 0. The van der Waals surface area contributed by atoms with Crippen LogP contribution in [0.2, 0.25) is 0 Å². The highest BCUT2D eigenvalue weighted by Crippen LogP contribution is 2.43. The summed E-state index contributed by atoms with van der Waals surface area (Å²) in [6.07, 6.45) is 7.04. The maximum Gasteiger partial charge on any atom is 0.0721 e. The number of para-hydroxylation sites is 1. The minimum atomic E-state index is 1.11. The van der Waals surface area contributed by atoms with Gasteiger partial charge in [0.2, 0.25) is 0 Å². The predicted molar refractivity (Wildman–Crippen MR) is 187 cm³/mol. The molecule has 0 amide bonds. The van der Waals surface area contributed by atoms with Gasteiger partial charge in [0.1, 0.15) is 0 Å². The fourth-order valence-electron chi connectivity index (χ4n) is 6.10. The van der Waals surface area contributed by atoms with Gasteiger partial charge in [-0.1, -0.05) is 118 Å². The zero-order chi connectivity index (χ0) is 29.6. The van der Waals surface area contributed by atoms with E-state index in [1.165, 1.54) is 63.9 Å². The van der Waals surface area contributed by atoms with Gasteiger partial charge in [-0.15, -0.1) is 0 Å². The van der Waals surface area contributed by atoms with E-state index in [0.29, 0.717) is 0 Å². The summed E-state index contributed by atoms with van der Waals surface area (Å²) in [5, 5.41) is 9.85. The molecule has 0 aliphatic rings. The summed E-state index contributed by atoms with van der Waals surface area (Å²) in [7, 11) is 0. The number of rotatable bonds is 11. The van der Waals surface area contributed by atoms with E-state index in [1.807, 2.05) is 0 Å². The first-order chi connectivity index (χ1) is 21.2. The van der Waals surface area contributed by atoms with E-state index in [1.54, 1.807) is 0 Å². The Morgan fingerprint density at radius 2 is 0.953 bits per heavy atom. The summed E-state index contributed by atoms with van der Waals surface area (Å²) in [6.45, 7) is 6.73. The van der Waals surface area contributed by atoms with Crippen molar-refractivity contribution in [2.24, 2.45) is 0 Å². The maximum atomic E-state index is 2.43. The van der Waals surface area contributed by atoms with Crippen LogP contribution >= 0.6 is 0 Å². The first kappa shape index (κ1) is 28.6. The lowest BCUT2D eigenvalue weighted by Crippen LogP contribution is -2.36. The minimum Gasteiger partial charge on any atom is -0.249 e. The van der Waals surface area contributed by atoms with Crippen molar-refractivity contribution in [2.75, 3.05) is 10.0 Å². The third-order valence-corrected chi connectivity index (χ3v) is 8.52. The average Bonchev–Trinajstić information content (AvgIpc) is 3.06. The molecule has 6 rings (SSSR count). The Balaban J connectivity index is 1.62. The van der Waals surface area contributed by atoms with E-state index in [4.69, 9.17) is 0 Å². The number of hydrazine groups is 1. The van der Waals surface area contributed by atoms with E-state index in [0.717, 1.165) is 35.6 Å². The van der Waals surface area contributed by atoms with Gasteiger partial charge in [-0.25, -0.2) is 10.0 Å². The van der Waals surface area contributed by atoms with Crippen LogP contribution in [-0.2, 0) is 12.8 Å². The molecular weight excluding hydrogens is 520 g/mol. The normalized spacial score (nSPS) is 11.2. The van der Waals surface area contributed by atoms with Gasteiger partial charge in [0.05, 0.1) is 22.7 Å². The molecule has 0 fully saturated rings. The largest absolute Gasteiger partial charge is 0.249 e. The zero-order valence-corrected chi connectivity index (χ0v) is 25.8. The molecule has 6 aromatic rings. The summed E-state index contributed by atoms with van der Waals surface area (Å²) in [5.41, 5.74) is 8.60. The molecule has 0 radical (unpaired) electrons. The lowest BCUT2D eigenvalue weighted by molar-refractivity contribution is 0.794. The number of benzene rings is 6. The van der Waals surface area contributed by atoms with Crippen molar-refractivity contribution < 1.29 is 0 Å². The van der Waals surface area contributed by atoms with Gasteiger partial charge in [-0.3, -0.25) is 0 Å². The Bertz CT molecular complexity index is 1800. The monoisotopic (exact) mass is 562 g/mol. The van der Waals surface area contributed by atoms with Crippen LogP contribution < -0.4 is 10.0 Å². The van der Waals surface area contributed by atoms with Crippen LogP contribution in [0.5, 0.6) is 0 Å². The maximum absolute atomic E-state index is 2.43. The number of hydrogen-bond donors (Lipinski definition) is 0. The third-order valence-electron chi connectivity index (χ3n) is 8.52. The fraction of sp³-hybridized carbons (Fsp3) is 0.220. The Kier molecular flexibility index (Phi) is 8.75. The van der Waals surface area contributed by atoms with E-state index < -0.39 is 0 Å². The van der Waals surface area contributed by atoms with Crippen LogP contribution in [0.3, 0.4) is 0 Å². The summed E-state index contributed by atoms with van der Waals surface area (Å²) in [5.74, 6) is 0. The van der Waals surface area contributed by atoms with Crippen LogP contribution in [0.25, 0.3) is 21.5 Å². The standard InChI is InChI=1S/C41H42N2/c1-4-6-15-32-22-26-35(27-23-32)42(40-21-13-8-14-31(40)3)43(36-28-24-33(25-29-36)16-7-5-2)41-30-34-17-9-10-18-37(34)38-19-11-12-20-39(38)41/h8-14,17-30H,4-7,15-16H2,1-3H3. The molecule has 2 heteroatoms. The van der Waals surface area contributed by atoms with Crippen molar-refractivity contribution in [2.45, 2.75) is 59.3 Å². The average molecular weight is 563 g/mol. The van der Waals surface area contributed by atoms with Crippen molar-refractivity contribution in [1.29, 1.82) is 0 Å². The molecule has 2 nitrogen and oxygen atoms in total. The lowest BCUT2D eigenvalue weighted by atomic mass is 9.99. The van der Waals surface area contributed by atoms with Crippen molar-refractivity contribution in [3.8, 4) is 0 Å². The molecule has 0 saturated heterocycles. The van der Waals surface area contributed by atoms with Crippen LogP contribution in [-0.4, -0.2) is 0 Å². The van der Waals surface area contributed by atoms with Crippen LogP contribution in [0.4, 0.5) is 22.7 Å². The number of unbranched alkanes of at least 4 members (excludes halogenated alkanes) is 2. The van der Waals surface area contributed by atoms with Gasteiger partial charge in [-0.05, 0) is 102 Å². The molecule has 0 unspecified atom stereocenters. The molecule has 6 aromatic carbocycles. The Morgan fingerprint density at radius 1 is 0.465 bits per heavy atom. The van der Waals surface area contributed by atoms with Gasteiger partial charge in [0, 0.05) is 5.39 Å². The highest BCUT2D eigenvalue weighted by molar-refractivity contribution is 6.14. The van der Waals surface area contributed by atoms with Crippen LogP contribution in [0.1, 0.15) is 56.2 Å². The Labute approximate surface area is 257 Å². The SMILES string of the molecule is CCCCc1ccc(N(c2ccccc2C)N(c2ccc(CCCC)cc2)c2cc3ccccc3c3ccccc23)cc1. The molecule has 0 N–H and O–H groups in total. The molecule has 216 valence electrons. The van der Waals surface area contributed by atoms with E-state index in [-0.39, 0.29) is 0 Å². The third kappa shape index (κ3) is 6.01. The first-order valence-electron chi connectivity index (χ1n) is 15.9. The second kappa shape index (κ2) is 13.2. The number of hydrogen-bond acceptors (Lipinski definition) is 2. The molecule has 0 aromatic heterocycles. The molecule has 0 saturated carbocycles. The quantitative estimate of drug-likeness (QED) is 0.114. The van der Waals surface area contributed by atoms with E-state index >= 15 is 0 Å². The molecule has 43 heavy (non-hydrogen) atoms. The van der Waals surface area contributed by atoms with Crippen molar-refractivity contribution in [3.05, 3.63) is 144 Å². The van der Waals surface area contributed by atoms with Gasteiger partial charge in [0.25, 0.3) is 0 Å². The second-order valence-corrected chi connectivity index (χ2v) is 11.6. The number of fused-ring (bicyclic) bond motifs is 3. The topological polar surface area (TPSA) is 6.48 Å². The highest BCUT2D eigenvalue weighted by Gasteiger charge is 2.25. The summed E-state index contributed by atoms with van der Waals surface area (Å²) in [4.78, 5) is 0. The van der Waals surface area contributed by atoms with Crippen molar-refractivity contribution >= 4 is 44.3 Å². The molecule has 0 spiro atoms. The summed E-state index contributed by atoms with van der Waals surface area (Å²) in [6, 6.07) is 47.1. The van der Waals surface area contributed by atoms with Crippen LogP contribution in [0, 0.1) is 6.92 Å². The number of aryl methyl sites for hydroxylation is 3. The first-order valence-corrected chi connectivity index (χ1v) is 15.9. The van der Waals surface area contributed by atoms with Crippen LogP contribution in [0.15, 0.2) is 127 Å². The van der Waals surface area contributed by atoms with E-state index in [9.17, 15) is 0 Å². The Morgan fingerprint density at radius 3 is 1.53 bits per heavy atom. The molecule has 0 aliphatic heterocycles. The van der Waals surface area contributed by atoms with Gasteiger partial charge >= 0.3 is 0 Å². The number of anilines is 4. The van der Waals surface area contributed by atoms with Gasteiger partial charge < -0.3 is 0 Å². The predicted octanol–water partition coefficient (Wildman–Crippen LogP) is 11.9. The van der Waals surface area contributed by atoms with E-state index in [2.05, 4.69) is 158 Å². The smallest absolute Gasteiger partial charge is 0.0721 e. The van der Waals surface area contributed by atoms with Gasteiger partial charge in [0.15, 0.2) is 0 Å². The lowest BCUT2D eigenvalue weighted by Gasteiger charge is -2.40. The fourth-order valence-corrected chi connectivity index (χ4v) is 6.10. The van der Waals surface area contributed by atoms with Crippen molar-refractivity contribution in [1.82, 2.24) is 0 Å². The molecule has 0 bridgehead atoms. The Hall–Kier alpha value is -4.56. The molecular formula is C41H42N2. The molecule has 0 aliphatic carbocycles. The molecule has 0 atom stereocenters. The molecule has 0 heterocycles. The highest BCUT2D eigenvalue weighted by atomic mass is 15.6.